The summed E-state index contributed by atoms with van der Waals surface area (Å²) in [5.74, 6) is 0.426. The first-order chi connectivity index (χ1) is 14.4. The minimum Gasteiger partial charge on any atom is -0.472 e. The number of fused-ring (bicyclic) bond motifs is 1. The third kappa shape index (κ3) is 3.91. The molecule has 2 aliphatic heterocycles. The maximum absolute atomic E-state index is 13.4. The van der Waals surface area contributed by atoms with Crippen molar-refractivity contribution in [2.45, 2.75) is 42.2 Å². The minimum absolute atomic E-state index is 0.0131. The first-order valence-electron chi connectivity index (χ1n) is 10.1. The summed E-state index contributed by atoms with van der Waals surface area (Å²) >= 11 is 5.78. The van der Waals surface area contributed by atoms with Crippen LogP contribution in [0.1, 0.15) is 30.9 Å². The molecule has 3 heterocycles. The highest BCUT2D eigenvalue weighted by Crippen LogP contribution is 2.38. The van der Waals surface area contributed by atoms with E-state index in [0.29, 0.717) is 37.9 Å². The normalized spacial score (nSPS) is 25.3. The fourth-order valence-corrected chi connectivity index (χ4v) is 5.95. The van der Waals surface area contributed by atoms with Gasteiger partial charge in [0.25, 0.3) is 0 Å². The van der Waals surface area contributed by atoms with Gasteiger partial charge in [0.1, 0.15) is 11.9 Å². The SMILES string of the molecule is O=S(=O)(c1ccc(F)c(Cl)c1)N1CCN2C[C@H](Oc3cnc(C4CC4)cn3)C[C@H]2C1. The Morgan fingerprint density at radius 1 is 1.13 bits per heavy atom. The fourth-order valence-electron chi connectivity index (χ4n) is 4.21. The van der Waals surface area contributed by atoms with Crippen LogP contribution in [0.3, 0.4) is 0 Å². The molecule has 2 aromatic rings. The number of nitrogens with zero attached hydrogens (tertiary/aromatic N) is 4. The first kappa shape index (κ1) is 20.1. The van der Waals surface area contributed by atoms with E-state index >= 15 is 0 Å². The molecule has 0 amide bonds. The molecule has 0 N–H and O–H groups in total. The van der Waals surface area contributed by atoms with Crippen LogP contribution >= 0.6 is 11.6 Å². The Balaban J connectivity index is 1.23. The molecule has 160 valence electrons. The molecule has 10 heteroatoms. The van der Waals surface area contributed by atoms with Crippen molar-refractivity contribution in [1.29, 1.82) is 0 Å². The van der Waals surface area contributed by atoms with Gasteiger partial charge in [0.2, 0.25) is 15.9 Å². The van der Waals surface area contributed by atoms with Crippen LogP contribution in [0.25, 0.3) is 0 Å². The maximum Gasteiger partial charge on any atom is 0.243 e. The largest absolute Gasteiger partial charge is 0.472 e. The second kappa shape index (κ2) is 7.71. The lowest BCUT2D eigenvalue weighted by Gasteiger charge is -2.36. The highest BCUT2D eigenvalue weighted by atomic mass is 35.5. The van der Waals surface area contributed by atoms with Crippen LogP contribution in [0.2, 0.25) is 5.02 Å². The second-order valence-corrected chi connectivity index (χ2v) is 10.5. The van der Waals surface area contributed by atoms with Crippen molar-refractivity contribution in [3.05, 3.63) is 47.1 Å². The Hall–Kier alpha value is -1.81. The number of sulfonamides is 1. The van der Waals surface area contributed by atoms with Gasteiger partial charge in [-0.05, 0) is 31.0 Å². The van der Waals surface area contributed by atoms with E-state index in [2.05, 4.69) is 14.9 Å². The van der Waals surface area contributed by atoms with Gasteiger partial charge in [-0.3, -0.25) is 9.88 Å². The third-order valence-electron chi connectivity index (χ3n) is 6.00. The monoisotopic (exact) mass is 452 g/mol. The van der Waals surface area contributed by atoms with Crippen LogP contribution in [-0.2, 0) is 10.0 Å². The van der Waals surface area contributed by atoms with Gasteiger partial charge in [-0.2, -0.15) is 4.31 Å². The number of rotatable bonds is 5. The predicted octanol–water partition coefficient (Wildman–Crippen LogP) is 2.67. The molecule has 1 aliphatic carbocycles. The van der Waals surface area contributed by atoms with E-state index in [9.17, 15) is 12.8 Å². The van der Waals surface area contributed by atoms with E-state index in [4.69, 9.17) is 16.3 Å². The molecule has 0 unspecified atom stereocenters. The number of aromatic nitrogens is 2. The summed E-state index contributed by atoms with van der Waals surface area (Å²) in [7, 11) is -3.73. The Bertz CT molecular complexity index is 1050. The quantitative estimate of drug-likeness (QED) is 0.694. The molecule has 0 spiro atoms. The van der Waals surface area contributed by atoms with Crippen molar-refractivity contribution >= 4 is 21.6 Å². The van der Waals surface area contributed by atoms with Crippen molar-refractivity contribution in [2.75, 3.05) is 26.2 Å². The zero-order chi connectivity index (χ0) is 20.9. The van der Waals surface area contributed by atoms with Crippen LogP contribution in [0.4, 0.5) is 4.39 Å². The van der Waals surface area contributed by atoms with E-state index in [-0.39, 0.29) is 22.1 Å². The van der Waals surface area contributed by atoms with E-state index in [1.807, 2.05) is 0 Å². The third-order valence-corrected chi connectivity index (χ3v) is 8.15. The minimum atomic E-state index is -3.73. The van der Waals surface area contributed by atoms with Gasteiger partial charge in [0.05, 0.1) is 28.0 Å². The van der Waals surface area contributed by atoms with Gasteiger partial charge in [0, 0.05) is 44.6 Å². The van der Waals surface area contributed by atoms with Gasteiger partial charge in [-0.25, -0.2) is 17.8 Å². The first-order valence-corrected chi connectivity index (χ1v) is 11.9. The van der Waals surface area contributed by atoms with Crippen LogP contribution in [0.5, 0.6) is 5.88 Å². The number of hydrogen-bond donors (Lipinski definition) is 0. The summed E-state index contributed by atoms with van der Waals surface area (Å²) in [6, 6.07) is 3.57. The highest BCUT2D eigenvalue weighted by Gasteiger charge is 2.41. The average molecular weight is 453 g/mol. The fraction of sp³-hybridized carbons (Fsp3) is 0.500. The molecule has 1 saturated carbocycles. The lowest BCUT2D eigenvalue weighted by atomic mass is 10.2. The van der Waals surface area contributed by atoms with Gasteiger partial charge < -0.3 is 4.74 Å². The Morgan fingerprint density at radius 2 is 1.97 bits per heavy atom. The van der Waals surface area contributed by atoms with Crippen LogP contribution in [-0.4, -0.2) is 65.9 Å². The Morgan fingerprint density at radius 3 is 2.67 bits per heavy atom. The van der Waals surface area contributed by atoms with Gasteiger partial charge in [-0.1, -0.05) is 11.6 Å². The zero-order valence-electron chi connectivity index (χ0n) is 16.2. The number of hydrogen-bond acceptors (Lipinski definition) is 6. The van der Waals surface area contributed by atoms with Crippen LogP contribution in [0, 0.1) is 5.82 Å². The maximum atomic E-state index is 13.4. The van der Waals surface area contributed by atoms with Crippen molar-refractivity contribution in [1.82, 2.24) is 19.2 Å². The Kier molecular flexibility index (Phi) is 5.17. The van der Waals surface area contributed by atoms with Crippen molar-refractivity contribution in [3.63, 3.8) is 0 Å². The molecule has 5 rings (SSSR count). The molecular formula is C20H22ClFN4O3S. The lowest BCUT2D eigenvalue weighted by Crippen LogP contribution is -2.51. The smallest absolute Gasteiger partial charge is 0.243 e. The van der Waals surface area contributed by atoms with Crippen molar-refractivity contribution in [3.8, 4) is 5.88 Å². The number of ether oxygens (including phenoxy) is 1. The van der Waals surface area contributed by atoms with Crippen molar-refractivity contribution in [2.24, 2.45) is 0 Å². The molecule has 2 saturated heterocycles. The van der Waals surface area contributed by atoms with E-state index < -0.39 is 15.8 Å². The molecule has 3 fully saturated rings. The van der Waals surface area contributed by atoms with Gasteiger partial charge >= 0.3 is 0 Å². The molecule has 2 atom stereocenters. The molecule has 1 aromatic carbocycles. The van der Waals surface area contributed by atoms with Crippen molar-refractivity contribution < 1.29 is 17.5 Å². The summed E-state index contributed by atoms with van der Waals surface area (Å²) in [4.78, 5) is 11.1. The Labute approximate surface area is 179 Å². The van der Waals surface area contributed by atoms with Gasteiger partial charge in [-0.15, -0.1) is 0 Å². The summed E-state index contributed by atoms with van der Waals surface area (Å²) < 4.78 is 46.8. The summed E-state index contributed by atoms with van der Waals surface area (Å²) in [5, 5.41) is -0.196. The van der Waals surface area contributed by atoms with Crippen LogP contribution in [0.15, 0.2) is 35.5 Å². The number of piperazine rings is 1. The number of halogens is 2. The molecule has 7 nitrogen and oxygen atoms in total. The molecule has 0 radical (unpaired) electrons. The summed E-state index contributed by atoms with van der Waals surface area (Å²) in [6.07, 6.45) is 6.48. The molecule has 0 bridgehead atoms. The molecule has 1 aromatic heterocycles. The zero-order valence-corrected chi connectivity index (χ0v) is 17.8. The molecular weight excluding hydrogens is 431 g/mol. The second-order valence-electron chi connectivity index (χ2n) is 8.12. The topological polar surface area (TPSA) is 75.6 Å². The standard InChI is InChI=1S/C20H22ClFN4O3S/c21-17-8-16(3-4-18(17)22)30(27,28)26-6-5-25-12-15(7-14(25)11-26)29-20-10-23-19(9-24-20)13-1-2-13/h3-4,8-10,13-15H,1-2,5-7,11-12H2/t14-,15+/m0/s1. The van der Waals surface area contributed by atoms with E-state index in [1.165, 1.54) is 29.3 Å². The predicted molar refractivity (Wildman–Crippen MR) is 109 cm³/mol. The number of benzene rings is 1. The molecule has 3 aliphatic rings. The molecule has 30 heavy (non-hydrogen) atoms. The summed E-state index contributed by atoms with van der Waals surface area (Å²) in [6.45, 7) is 2.08. The van der Waals surface area contributed by atoms with Crippen LogP contribution < -0.4 is 4.74 Å². The highest BCUT2D eigenvalue weighted by molar-refractivity contribution is 7.89. The van der Waals surface area contributed by atoms with E-state index in [1.54, 1.807) is 12.4 Å². The van der Waals surface area contributed by atoms with Gasteiger partial charge in [0.15, 0.2) is 0 Å². The summed E-state index contributed by atoms with van der Waals surface area (Å²) in [5.41, 5.74) is 1.02. The lowest BCUT2D eigenvalue weighted by molar-refractivity contribution is 0.151. The van der Waals surface area contributed by atoms with E-state index in [0.717, 1.165) is 18.3 Å². The average Bonchev–Trinajstić information content (AvgIpc) is 3.50.